The van der Waals surface area contributed by atoms with Gasteiger partial charge in [0.15, 0.2) is 11.6 Å². The van der Waals surface area contributed by atoms with Gasteiger partial charge in [0.25, 0.3) is 0 Å². The zero-order chi connectivity index (χ0) is 14.1. The van der Waals surface area contributed by atoms with E-state index in [4.69, 9.17) is 0 Å². The maximum Gasteiger partial charge on any atom is 0.178 e. The van der Waals surface area contributed by atoms with Crippen LogP contribution in [0.5, 0.6) is 0 Å². The molecule has 98 valence electrons. The van der Waals surface area contributed by atoms with Crippen LogP contribution in [0.25, 0.3) is 5.57 Å². The van der Waals surface area contributed by atoms with Crippen LogP contribution >= 0.6 is 0 Å². The zero-order valence-electron chi connectivity index (χ0n) is 10.6. The van der Waals surface area contributed by atoms with Crippen molar-refractivity contribution in [1.82, 2.24) is 0 Å². The molecule has 20 heavy (non-hydrogen) atoms. The summed E-state index contributed by atoms with van der Waals surface area (Å²) in [6.45, 7) is 0. The van der Waals surface area contributed by atoms with Crippen molar-refractivity contribution in [3.63, 3.8) is 0 Å². The SMILES string of the molecule is O=C1C([O-])=C(c2ccccc2)C(=O)[C@H]1c1ccccc1. The van der Waals surface area contributed by atoms with E-state index in [9.17, 15) is 14.7 Å². The average Bonchev–Trinajstić information content (AvgIpc) is 2.71. The molecule has 0 aromatic heterocycles. The Hall–Kier alpha value is -2.68. The summed E-state index contributed by atoms with van der Waals surface area (Å²) in [6, 6.07) is 17.3. The number of rotatable bonds is 2. The molecule has 0 fully saturated rings. The Morgan fingerprint density at radius 1 is 0.750 bits per heavy atom. The van der Waals surface area contributed by atoms with Crippen LogP contribution in [-0.4, -0.2) is 11.6 Å². The van der Waals surface area contributed by atoms with Gasteiger partial charge < -0.3 is 5.11 Å². The summed E-state index contributed by atoms with van der Waals surface area (Å²) in [5, 5.41) is 12.1. The fourth-order valence-electron chi connectivity index (χ4n) is 2.46. The summed E-state index contributed by atoms with van der Waals surface area (Å²) in [5.74, 6) is -2.72. The van der Waals surface area contributed by atoms with Crippen molar-refractivity contribution in [2.24, 2.45) is 0 Å². The Morgan fingerprint density at radius 3 is 1.90 bits per heavy atom. The van der Waals surface area contributed by atoms with Crippen molar-refractivity contribution in [2.75, 3.05) is 0 Å². The molecule has 1 atom stereocenters. The molecule has 0 spiro atoms. The number of hydrogen-bond acceptors (Lipinski definition) is 3. The molecule has 3 rings (SSSR count). The summed E-state index contributed by atoms with van der Waals surface area (Å²) in [7, 11) is 0. The van der Waals surface area contributed by atoms with E-state index in [-0.39, 0.29) is 5.57 Å². The maximum atomic E-state index is 12.4. The van der Waals surface area contributed by atoms with Gasteiger partial charge in [-0.3, -0.25) is 9.59 Å². The minimum absolute atomic E-state index is 0.00412. The molecule has 0 saturated carbocycles. The second kappa shape index (κ2) is 4.78. The van der Waals surface area contributed by atoms with Crippen LogP contribution in [0.1, 0.15) is 17.0 Å². The van der Waals surface area contributed by atoms with Crippen molar-refractivity contribution in [2.45, 2.75) is 5.92 Å². The van der Waals surface area contributed by atoms with E-state index < -0.39 is 23.2 Å². The van der Waals surface area contributed by atoms with Crippen molar-refractivity contribution in [1.29, 1.82) is 0 Å². The van der Waals surface area contributed by atoms with Gasteiger partial charge in [0.1, 0.15) is 5.92 Å². The van der Waals surface area contributed by atoms with Crippen LogP contribution in [0.3, 0.4) is 0 Å². The highest BCUT2D eigenvalue weighted by Crippen LogP contribution is 2.35. The van der Waals surface area contributed by atoms with Crippen molar-refractivity contribution in [3.8, 4) is 0 Å². The Bertz CT molecular complexity index is 700. The first-order valence-electron chi connectivity index (χ1n) is 6.30. The van der Waals surface area contributed by atoms with Crippen LogP contribution in [0.4, 0.5) is 0 Å². The molecule has 0 heterocycles. The third kappa shape index (κ3) is 1.84. The summed E-state index contributed by atoms with van der Waals surface area (Å²) in [6.07, 6.45) is 0. The molecule has 0 N–H and O–H groups in total. The maximum absolute atomic E-state index is 12.4. The molecule has 2 aromatic carbocycles. The first kappa shape index (κ1) is 12.4. The molecule has 1 aliphatic rings. The largest absolute Gasteiger partial charge is 0.870 e. The summed E-state index contributed by atoms with van der Waals surface area (Å²) in [4.78, 5) is 24.6. The van der Waals surface area contributed by atoms with Crippen LogP contribution in [0.15, 0.2) is 66.4 Å². The fourth-order valence-corrected chi connectivity index (χ4v) is 2.46. The van der Waals surface area contributed by atoms with Gasteiger partial charge in [-0.15, -0.1) is 0 Å². The smallest absolute Gasteiger partial charge is 0.178 e. The Morgan fingerprint density at radius 2 is 1.30 bits per heavy atom. The number of hydrogen-bond donors (Lipinski definition) is 0. The molecule has 3 heteroatoms. The van der Waals surface area contributed by atoms with Crippen LogP contribution in [-0.2, 0) is 9.59 Å². The van der Waals surface area contributed by atoms with E-state index in [1.165, 1.54) is 0 Å². The van der Waals surface area contributed by atoms with Gasteiger partial charge in [0.2, 0.25) is 0 Å². The monoisotopic (exact) mass is 263 g/mol. The standard InChI is InChI=1S/C17H12O3/c18-15-13(11-7-3-1-4-8-11)16(19)17(20)14(15)12-9-5-2-6-10-12/h1-10,13,20H/p-1/t13-/m1/s1. The van der Waals surface area contributed by atoms with Gasteiger partial charge in [-0.1, -0.05) is 66.4 Å². The lowest BCUT2D eigenvalue weighted by Gasteiger charge is -2.09. The van der Waals surface area contributed by atoms with Crippen molar-refractivity contribution < 1.29 is 14.7 Å². The van der Waals surface area contributed by atoms with E-state index >= 15 is 0 Å². The second-order valence-electron chi connectivity index (χ2n) is 4.64. The molecule has 0 radical (unpaired) electrons. The molecule has 0 aliphatic heterocycles. The second-order valence-corrected chi connectivity index (χ2v) is 4.64. The van der Waals surface area contributed by atoms with Gasteiger partial charge in [-0.25, -0.2) is 0 Å². The van der Waals surface area contributed by atoms with Crippen LogP contribution < -0.4 is 5.11 Å². The highest BCUT2D eigenvalue weighted by molar-refractivity contribution is 6.41. The molecule has 0 saturated heterocycles. The molecule has 3 nitrogen and oxygen atoms in total. The van der Waals surface area contributed by atoms with Crippen molar-refractivity contribution in [3.05, 3.63) is 77.5 Å². The minimum atomic E-state index is -0.987. The van der Waals surface area contributed by atoms with Gasteiger partial charge in [-0.2, -0.15) is 0 Å². The number of ketones is 2. The zero-order valence-corrected chi connectivity index (χ0v) is 10.6. The average molecular weight is 263 g/mol. The summed E-state index contributed by atoms with van der Waals surface area (Å²) >= 11 is 0. The van der Waals surface area contributed by atoms with E-state index in [1.807, 2.05) is 0 Å². The number of carbonyl (C=O) groups excluding carboxylic acids is 2. The number of allylic oxidation sites excluding steroid dienone is 2. The number of carbonyl (C=O) groups is 2. The molecule has 0 unspecified atom stereocenters. The van der Waals surface area contributed by atoms with Crippen LogP contribution in [0.2, 0.25) is 0 Å². The normalized spacial score (nSPS) is 18.7. The van der Waals surface area contributed by atoms with Gasteiger partial charge >= 0.3 is 0 Å². The van der Waals surface area contributed by atoms with Crippen LogP contribution in [0, 0.1) is 0 Å². The third-order valence-corrected chi connectivity index (χ3v) is 3.42. The van der Waals surface area contributed by atoms with E-state index in [0.717, 1.165) is 0 Å². The molecular weight excluding hydrogens is 252 g/mol. The summed E-state index contributed by atoms with van der Waals surface area (Å²) < 4.78 is 0. The fraction of sp³-hybridized carbons (Fsp3) is 0.0588. The van der Waals surface area contributed by atoms with Gasteiger partial charge in [0.05, 0.1) is 0 Å². The predicted molar refractivity (Wildman–Crippen MR) is 72.6 cm³/mol. The highest BCUT2D eigenvalue weighted by Gasteiger charge is 2.37. The summed E-state index contributed by atoms with van der Waals surface area (Å²) in [5.41, 5.74) is 1.08. The number of benzene rings is 2. The highest BCUT2D eigenvalue weighted by atomic mass is 16.3. The third-order valence-electron chi connectivity index (χ3n) is 3.42. The lowest BCUT2D eigenvalue weighted by molar-refractivity contribution is -0.296. The quantitative estimate of drug-likeness (QED) is 0.775. The molecule has 1 aliphatic carbocycles. The minimum Gasteiger partial charge on any atom is -0.870 e. The molecular formula is C17H11O3-. The Balaban J connectivity index is 2.07. The van der Waals surface area contributed by atoms with E-state index in [2.05, 4.69) is 0 Å². The first-order valence-corrected chi connectivity index (χ1v) is 6.30. The topological polar surface area (TPSA) is 57.2 Å². The molecule has 0 amide bonds. The number of Topliss-reactive ketones (excluding diaryl/α,β-unsaturated/α-hetero) is 2. The van der Waals surface area contributed by atoms with Crippen molar-refractivity contribution >= 4 is 17.1 Å². The van der Waals surface area contributed by atoms with Gasteiger partial charge in [0, 0.05) is 5.57 Å². The predicted octanol–water partition coefficient (Wildman–Crippen LogP) is 1.69. The Kier molecular flexibility index (Phi) is 2.95. The van der Waals surface area contributed by atoms with Gasteiger partial charge in [-0.05, 0) is 11.1 Å². The van der Waals surface area contributed by atoms with E-state index in [1.54, 1.807) is 60.7 Å². The molecule has 0 bridgehead atoms. The van der Waals surface area contributed by atoms with E-state index in [0.29, 0.717) is 11.1 Å². The lowest BCUT2D eigenvalue weighted by atomic mass is 9.92. The Labute approximate surface area is 116 Å². The first-order chi connectivity index (χ1) is 9.70. The molecule has 2 aromatic rings. The lowest BCUT2D eigenvalue weighted by Crippen LogP contribution is -2.18.